The average Bonchev–Trinajstić information content (AvgIpc) is 3.06. The van der Waals surface area contributed by atoms with Crippen LogP contribution in [0, 0.1) is 18.3 Å². The number of ether oxygens (including phenoxy) is 1. The van der Waals surface area contributed by atoms with E-state index in [0.717, 1.165) is 51.1 Å². The van der Waals surface area contributed by atoms with Gasteiger partial charge in [-0.25, -0.2) is 4.98 Å². The van der Waals surface area contributed by atoms with Crippen LogP contribution in [0.25, 0.3) is 0 Å². The summed E-state index contributed by atoms with van der Waals surface area (Å²) in [7, 11) is 0. The van der Waals surface area contributed by atoms with Crippen LogP contribution in [0.4, 0.5) is 5.82 Å². The van der Waals surface area contributed by atoms with Gasteiger partial charge in [0.15, 0.2) is 0 Å². The van der Waals surface area contributed by atoms with Crippen molar-refractivity contribution in [2.24, 2.45) is 0 Å². The highest BCUT2D eigenvalue weighted by molar-refractivity contribution is 6.31. The van der Waals surface area contributed by atoms with Crippen LogP contribution in [0.5, 0.6) is 0 Å². The first kappa shape index (κ1) is 15.5. The number of nitrogens with zero attached hydrogens (tertiary/aromatic N) is 3. The van der Waals surface area contributed by atoms with Gasteiger partial charge >= 0.3 is 0 Å². The molecule has 2 saturated heterocycles. The minimum atomic E-state index is 0.360. The van der Waals surface area contributed by atoms with Gasteiger partial charge in [0.25, 0.3) is 0 Å². The zero-order chi connectivity index (χ0) is 15.5. The highest BCUT2D eigenvalue weighted by atomic mass is 35.5. The lowest BCUT2D eigenvalue weighted by Crippen LogP contribution is -2.45. The number of piperidine rings is 1. The van der Waals surface area contributed by atoms with Crippen LogP contribution in [0.15, 0.2) is 6.20 Å². The molecule has 1 atom stereocenters. The fourth-order valence-electron chi connectivity index (χ4n) is 3.24. The summed E-state index contributed by atoms with van der Waals surface area (Å²) in [4.78, 5) is 6.83. The first-order chi connectivity index (χ1) is 10.7. The molecule has 0 saturated carbocycles. The number of hydrogen-bond acceptors (Lipinski definition) is 5. The Morgan fingerprint density at radius 1 is 1.41 bits per heavy atom. The summed E-state index contributed by atoms with van der Waals surface area (Å²) >= 11 is 6.04. The summed E-state index contributed by atoms with van der Waals surface area (Å²) in [6.07, 6.45) is 4.88. The molecule has 1 N–H and O–H groups in total. The maximum absolute atomic E-state index is 9.33. The Balaban J connectivity index is 1.61. The van der Waals surface area contributed by atoms with Gasteiger partial charge in [0.2, 0.25) is 0 Å². The van der Waals surface area contributed by atoms with E-state index in [9.17, 15) is 5.26 Å². The van der Waals surface area contributed by atoms with Crippen molar-refractivity contribution >= 4 is 17.4 Å². The van der Waals surface area contributed by atoms with Gasteiger partial charge in [0.1, 0.15) is 11.9 Å². The molecule has 5 nitrogen and oxygen atoms in total. The van der Waals surface area contributed by atoms with Crippen molar-refractivity contribution in [3.05, 3.63) is 22.3 Å². The highest BCUT2D eigenvalue weighted by Gasteiger charge is 2.28. The van der Waals surface area contributed by atoms with E-state index >= 15 is 0 Å². The number of halogens is 1. The molecule has 0 aliphatic carbocycles. The molecule has 3 heterocycles. The molecule has 2 fully saturated rings. The van der Waals surface area contributed by atoms with Crippen LogP contribution < -0.4 is 5.32 Å². The summed E-state index contributed by atoms with van der Waals surface area (Å²) < 4.78 is 5.47. The fourth-order valence-corrected chi connectivity index (χ4v) is 3.38. The first-order valence-electron chi connectivity index (χ1n) is 7.82. The lowest BCUT2D eigenvalue weighted by molar-refractivity contribution is 0.124. The smallest absolute Gasteiger partial charge is 0.144 e. The van der Waals surface area contributed by atoms with E-state index in [1.807, 2.05) is 6.92 Å². The molecule has 1 aromatic rings. The third kappa shape index (κ3) is 3.19. The highest BCUT2D eigenvalue weighted by Crippen LogP contribution is 2.26. The van der Waals surface area contributed by atoms with Crippen molar-refractivity contribution < 1.29 is 4.74 Å². The molecule has 0 spiro atoms. The van der Waals surface area contributed by atoms with Gasteiger partial charge in [-0.1, -0.05) is 11.6 Å². The summed E-state index contributed by atoms with van der Waals surface area (Å²) in [6.45, 7) is 5.76. The molecule has 0 radical (unpaired) electrons. The normalized spacial score (nSPS) is 23.4. The van der Waals surface area contributed by atoms with Crippen molar-refractivity contribution in [3.63, 3.8) is 0 Å². The molecule has 1 aromatic heterocycles. The summed E-state index contributed by atoms with van der Waals surface area (Å²) in [5.41, 5.74) is 1.35. The third-order valence-electron chi connectivity index (χ3n) is 4.68. The number of nitrogens with one attached hydrogen (secondary N) is 1. The molecule has 3 rings (SSSR count). The van der Waals surface area contributed by atoms with Gasteiger partial charge in [-0.05, 0) is 31.7 Å². The van der Waals surface area contributed by atoms with Crippen LogP contribution in [-0.4, -0.2) is 48.3 Å². The largest absolute Gasteiger partial charge is 0.380 e. The van der Waals surface area contributed by atoms with Crippen molar-refractivity contribution in [1.82, 2.24) is 9.88 Å². The van der Waals surface area contributed by atoms with Crippen LogP contribution >= 0.6 is 11.6 Å². The van der Waals surface area contributed by atoms with Gasteiger partial charge in [-0.15, -0.1) is 0 Å². The number of rotatable bonds is 3. The van der Waals surface area contributed by atoms with E-state index in [-0.39, 0.29) is 0 Å². The lowest BCUT2D eigenvalue weighted by atomic mass is 10.0. The number of likely N-dealkylation sites (tertiary alicyclic amines) is 1. The lowest BCUT2D eigenvalue weighted by Gasteiger charge is -2.35. The molecule has 2 aliphatic heterocycles. The van der Waals surface area contributed by atoms with Gasteiger partial charge in [0.05, 0.1) is 17.2 Å². The van der Waals surface area contributed by atoms with Gasteiger partial charge in [-0.3, -0.25) is 4.90 Å². The van der Waals surface area contributed by atoms with Crippen LogP contribution in [0.3, 0.4) is 0 Å². The van der Waals surface area contributed by atoms with Gasteiger partial charge < -0.3 is 10.1 Å². The molecule has 6 heteroatoms. The maximum atomic E-state index is 9.33. The number of anilines is 1. The summed E-state index contributed by atoms with van der Waals surface area (Å²) in [5, 5.41) is 13.3. The fraction of sp³-hybridized carbons (Fsp3) is 0.625. The Morgan fingerprint density at radius 2 is 2.18 bits per heavy atom. The molecule has 0 bridgehead atoms. The second-order valence-electron chi connectivity index (χ2n) is 6.04. The van der Waals surface area contributed by atoms with Crippen LogP contribution in [-0.2, 0) is 4.74 Å². The standard InChI is InChI=1S/C16H21ClN4O/c1-11-14(8-18)16(19-9-15(11)17)20-12-2-5-21(6-3-12)13-4-7-22-10-13/h9,12-13H,2-7,10H2,1H3,(H,19,20). The third-order valence-corrected chi connectivity index (χ3v) is 5.06. The quantitative estimate of drug-likeness (QED) is 0.927. The van der Waals surface area contributed by atoms with Gasteiger partial charge in [-0.2, -0.15) is 5.26 Å². The first-order valence-corrected chi connectivity index (χ1v) is 8.20. The van der Waals surface area contributed by atoms with Crippen molar-refractivity contribution in [3.8, 4) is 6.07 Å². The Kier molecular flexibility index (Phi) is 4.82. The van der Waals surface area contributed by atoms with Crippen LogP contribution in [0.1, 0.15) is 30.4 Å². The Morgan fingerprint density at radius 3 is 2.82 bits per heavy atom. The predicted molar refractivity (Wildman–Crippen MR) is 86.1 cm³/mol. The molecule has 118 valence electrons. The Labute approximate surface area is 136 Å². The molecule has 0 amide bonds. The van der Waals surface area contributed by atoms with E-state index in [4.69, 9.17) is 16.3 Å². The van der Waals surface area contributed by atoms with E-state index in [1.54, 1.807) is 6.20 Å². The average molecular weight is 321 g/mol. The minimum absolute atomic E-state index is 0.360. The van der Waals surface area contributed by atoms with E-state index in [0.29, 0.717) is 28.5 Å². The van der Waals surface area contributed by atoms with Crippen molar-refractivity contribution in [2.45, 2.75) is 38.3 Å². The topological polar surface area (TPSA) is 61.2 Å². The SMILES string of the molecule is Cc1c(Cl)cnc(NC2CCN(C3CCOC3)CC2)c1C#N. The van der Waals surface area contributed by atoms with Gasteiger partial charge in [0, 0.05) is 38.0 Å². The number of hydrogen-bond donors (Lipinski definition) is 1. The zero-order valence-electron chi connectivity index (χ0n) is 12.8. The molecule has 22 heavy (non-hydrogen) atoms. The van der Waals surface area contributed by atoms with E-state index in [2.05, 4.69) is 21.3 Å². The van der Waals surface area contributed by atoms with Crippen molar-refractivity contribution in [1.29, 1.82) is 5.26 Å². The number of nitriles is 1. The van der Waals surface area contributed by atoms with Crippen LogP contribution in [0.2, 0.25) is 5.02 Å². The second-order valence-corrected chi connectivity index (χ2v) is 6.45. The maximum Gasteiger partial charge on any atom is 0.144 e. The summed E-state index contributed by atoms with van der Waals surface area (Å²) in [6, 6.07) is 3.16. The second kappa shape index (κ2) is 6.82. The molecular formula is C16H21ClN4O. The molecule has 2 aliphatic rings. The Hall–Kier alpha value is -1.35. The molecular weight excluding hydrogens is 300 g/mol. The zero-order valence-corrected chi connectivity index (χ0v) is 13.6. The Bertz CT molecular complexity index is 572. The number of aromatic nitrogens is 1. The summed E-state index contributed by atoms with van der Waals surface area (Å²) in [5.74, 6) is 0.659. The molecule has 1 unspecified atom stereocenters. The van der Waals surface area contributed by atoms with E-state index in [1.165, 1.54) is 0 Å². The number of pyridine rings is 1. The van der Waals surface area contributed by atoms with Crippen molar-refractivity contribution in [2.75, 3.05) is 31.6 Å². The predicted octanol–water partition coefficient (Wildman–Crippen LogP) is 2.58. The molecule has 0 aromatic carbocycles. The van der Waals surface area contributed by atoms with E-state index < -0.39 is 0 Å². The monoisotopic (exact) mass is 320 g/mol. The minimum Gasteiger partial charge on any atom is -0.380 e.